The molecule has 0 bridgehead atoms. The standard InChI is InChI=1S/C13H18N2O2/c16-9-12-11(5-4-7-14-12)13-6-2-1-3-8-15(13)10-17/h4-5,7,10,13,16H,1-3,6,8-9H2. The normalized spacial score (nSPS) is 21.0. The van der Waals surface area contributed by atoms with Crippen molar-refractivity contribution in [3.63, 3.8) is 0 Å². The Balaban J connectivity index is 2.31. The van der Waals surface area contributed by atoms with Crippen molar-refractivity contribution in [2.24, 2.45) is 0 Å². The minimum atomic E-state index is -0.0701. The fourth-order valence-electron chi connectivity index (χ4n) is 2.48. The number of amides is 1. The van der Waals surface area contributed by atoms with Gasteiger partial charge >= 0.3 is 0 Å². The first-order valence-corrected chi connectivity index (χ1v) is 6.12. The molecule has 0 aliphatic carbocycles. The number of aromatic nitrogens is 1. The van der Waals surface area contributed by atoms with E-state index in [1.165, 1.54) is 0 Å². The highest BCUT2D eigenvalue weighted by atomic mass is 16.3. The molecule has 1 amide bonds. The van der Waals surface area contributed by atoms with Crippen LogP contribution in [-0.2, 0) is 11.4 Å². The summed E-state index contributed by atoms with van der Waals surface area (Å²) in [5, 5.41) is 9.31. The van der Waals surface area contributed by atoms with E-state index in [-0.39, 0.29) is 12.6 Å². The van der Waals surface area contributed by atoms with Crippen molar-refractivity contribution in [3.05, 3.63) is 29.6 Å². The van der Waals surface area contributed by atoms with E-state index in [1.54, 1.807) is 6.20 Å². The molecule has 1 aliphatic heterocycles. The van der Waals surface area contributed by atoms with Gasteiger partial charge in [-0.15, -0.1) is 0 Å². The van der Waals surface area contributed by atoms with E-state index in [0.717, 1.165) is 44.2 Å². The van der Waals surface area contributed by atoms with Crippen molar-refractivity contribution in [3.8, 4) is 0 Å². The molecule has 1 aromatic rings. The van der Waals surface area contributed by atoms with E-state index in [9.17, 15) is 9.90 Å². The monoisotopic (exact) mass is 234 g/mol. The molecule has 92 valence electrons. The van der Waals surface area contributed by atoms with Crippen LogP contribution in [0, 0.1) is 0 Å². The van der Waals surface area contributed by atoms with Crippen LogP contribution in [0.25, 0.3) is 0 Å². The number of hydrogen-bond donors (Lipinski definition) is 1. The SMILES string of the molecule is O=CN1CCCCCC1c1cccnc1CO. The third-order valence-corrected chi connectivity index (χ3v) is 3.36. The van der Waals surface area contributed by atoms with Gasteiger partial charge in [0.25, 0.3) is 0 Å². The van der Waals surface area contributed by atoms with Gasteiger partial charge in [0.1, 0.15) is 0 Å². The van der Waals surface area contributed by atoms with Crippen molar-refractivity contribution >= 4 is 6.41 Å². The van der Waals surface area contributed by atoms with Gasteiger partial charge in [0.2, 0.25) is 6.41 Å². The van der Waals surface area contributed by atoms with E-state index < -0.39 is 0 Å². The molecule has 0 radical (unpaired) electrons. The van der Waals surface area contributed by atoms with E-state index in [2.05, 4.69) is 4.98 Å². The third kappa shape index (κ3) is 2.64. The van der Waals surface area contributed by atoms with Crippen LogP contribution in [0.1, 0.15) is 43.0 Å². The maximum atomic E-state index is 11.1. The molecule has 0 spiro atoms. The first-order valence-electron chi connectivity index (χ1n) is 6.12. The summed E-state index contributed by atoms with van der Waals surface area (Å²) in [5.41, 5.74) is 1.68. The molecule has 2 heterocycles. The molecule has 0 aromatic carbocycles. The van der Waals surface area contributed by atoms with Crippen molar-refractivity contribution in [1.82, 2.24) is 9.88 Å². The highest BCUT2D eigenvalue weighted by molar-refractivity contribution is 5.49. The Morgan fingerprint density at radius 1 is 1.47 bits per heavy atom. The van der Waals surface area contributed by atoms with Crippen LogP contribution in [-0.4, -0.2) is 27.9 Å². The summed E-state index contributed by atoms with van der Waals surface area (Å²) < 4.78 is 0. The second-order valence-corrected chi connectivity index (χ2v) is 4.41. The van der Waals surface area contributed by atoms with E-state index in [1.807, 2.05) is 17.0 Å². The Morgan fingerprint density at radius 2 is 2.35 bits per heavy atom. The number of pyridine rings is 1. The molecule has 1 atom stereocenters. The lowest BCUT2D eigenvalue weighted by molar-refractivity contribution is -0.120. The van der Waals surface area contributed by atoms with Gasteiger partial charge in [-0.2, -0.15) is 0 Å². The summed E-state index contributed by atoms with van der Waals surface area (Å²) in [4.78, 5) is 17.2. The van der Waals surface area contributed by atoms with Gasteiger partial charge in [-0.05, 0) is 24.5 Å². The maximum absolute atomic E-state index is 11.1. The van der Waals surface area contributed by atoms with E-state index >= 15 is 0 Å². The molecule has 0 saturated carbocycles. The number of aliphatic hydroxyl groups excluding tert-OH is 1. The van der Waals surface area contributed by atoms with Gasteiger partial charge in [0, 0.05) is 12.7 Å². The first-order chi connectivity index (χ1) is 8.36. The fraction of sp³-hybridized carbons (Fsp3) is 0.538. The van der Waals surface area contributed by atoms with Crippen LogP contribution in [0.15, 0.2) is 18.3 Å². The molecule has 1 N–H and O–H groups in total. The van der Waals surface area contributed by atoms with Crippen LogP contribution in [0.2, 0.25) is 0 Å². The number of carbonyl (C=O) groups excluding carboxylic acids is 1. The Labute approximate surface area is 101 Å². The van der Waals surface area contributed by atoms with Gasteiger partial charge in [0.15, 0.2) is 0 Å². The second kappa shape index (κ2) is 5.77. The van der Waals surface area contributed by atoms with Crippen LogP contribution in [0.4, 0.5) is 0 Å². The topological polar surface area (TPSA) is 53.4 Å². The predicted octanol–water partition coefficient (Wildman–Crippen LogP) is 1.65. The van der Waals surface area contributed by atoms with Crippen LogP contribution >= 0.6 is 0 Å². The minimum absolute atomic E-state index is 0.0701. The molecule has 1 aliphatic rings. The Hall–Kier alpha value is -1.42. The number of aliphatic hydroxyl groups is 1. The lowest BCUT2D eigenvalue weighted by atomic mass is 10.00. The van der Waals surface area contributed by atoms with Crippen LogP contribution in [0.5, 0.6) is 0 Å². The molecular weight excluding hydrogens is 216 g/mol. The van der Waals surface area contributed by atoms with Crippen molar-refractivity contribution in [1.29, 1.82) is 0 Å². The number of hydrogen-bond acceptors (Lipinski definition) is 3. The number of nitrogens with zero attached hydrogens (tertiary/aromatic N) is 2. The third-order valence-electron chi connectivity index (χ3n) is 3.36. The molecule has 4 nitrogen and oxygen atoms in total. The number of likely N-dealkylation sites (tertiary alicyclic amines) is 1. The first kappa shape index (κ1) is 12.0. The molecule has 1 aromatic heterocycles. The molecule has 17 heavy (non-hydrogen) atoms. The predicted molar refractivity (Wildman–Crippen MR) is 64.1 cm³/mol. The average Bonchev–Trinajstić information content (AvgIpc) is 2.63. The van der Waals surface area contributed by atoms with Crippen molar-refractivity contribution in [2.45, 2.75) is 38.3 Å². The van der Waals surface area contributed by atoms with Gasteiger partial charge in [0.05, 0.1) is 18.3 Å². The van der Waals surface area contributed by atoms with Crippen LogP contribution in [0.3, 0.4) is 0 Å². The second-order valence-electron chi connectivity index (χ2n) is 4.41. The highest BCUT2D eigenvalue weighted by Gasteiger charge is 2.23. The largest absolute Gasteiger partial charge is 0.390 e. The lowest BCUT2D eigenvalue weighted by Gasteiger charge is -2.27. The van der Waals surface area contributed by atoms with Crippen molar-refractivity contribution < 1.29 is 9.90 Å². The number of rotatable bonds is 3. The molecule has 2 rings (SSSR count). The minimum Gasteiger partial charge on any atom is -0.390 e. The summed E-state index contributed by atoms with van der Waals surface area (Å²) >= 11 is 0. The zero-order valence-electron chi connectivity index (χ0n) is 9.88. The lowest BCUT2D eigenvalue weighted by Crippen LogP contribution is -2.28. The smallest absolute Gasteiger partial charge is 0.210 e. The summed E-state index contributed by atoms with van der Waals surface area (Å²) in [6, 6.07) is 3.90. The summed E-state index contributed by atoms with van der Waals surface area (Å²) in [5.74, 6) is 0. The molecule has 1 unspecified atom stereocenters. The van der Waals surface area contributed by atoms with Gasteiger partial charge in [-0.1, -0.05) is 18.9 Å². The Kier molecular flexibility index (Phi) is 4.09. The Bertz CT molecular complexity index is 381. The summed E-state index contributed by atoms with van der Waals surface area (Å²) in [7, 11) is 0. The van der Waals surface area contributed by atoms with Crippen LogP contribution < -0.4 is 0 Å². The number of carbonyl (C=O) groups is 1. The van der Waals surface area contributed by atoms with Crippen molar-refractivity contribution in [2.75, 3.05) is 6.54 Å². The zero-order valence-corrected chi connectivity index (χ0v) is 9.88. The van der Waals surface area contributed by atoms with Gasteiger partial charge in [-0.25, -0.2) is 0 Å². The molecular formula is C13H18N2O2. The van der Waals surface area contributed by atoms with E-state index in [4.69, 9.17) is 0 Å². The summed E-state index contributed by atoms with van der Waals surface area (Å²) in [6.07, 6.45) is 6.90. The maximum Gasteiger partial charge on any atom is 0.210 e. The summed E-state index contributed by atoms with van der Waals surface area (Å²) in [6.45, 7) is 0.729. The Morgan fingerprint density at radius 3 is 3.12 bits per heavy atom. The molecule has 1 saturated heterocycles. The average molecular weight is 234 g/mol. The highest BCUT2D eigenvalue weighted by Crippen LogP contribution is 2.30. The fourth-order valence-corrected chi connectivity index (χ4v) is 2.48. The zero-order chi connectivity index (χ0) is 12.1. The quantitative estimate of drug-likeness (QED) is 0.809. The molecule has 4 heteroatoms. The van der Waals surface area contributed by atoms with E-state index in [0.29, 0.717) is 5.69 Å². The molecule has 1 fully saturated rings. The van der Waals surface area contributed by atoms with Gasteiger partial charge < -0.3 is 10.0 Å². The van der Waals surface area contributed by atoms with Gasteiger partial charge in [-0.3, -0.25) is 9.78 Å².